The summed E-state index contributed by atoms with van der Waals surface area (Å²) in [6.45, 7) is 6.23. The van der Waals surface area contributed by atoms with Crippen LogP contribution in [0, 0.1) is 0 Å². The van der Waals surface area contributed by atoms with Gasteiger partial charge in [0.25, 0.3) is 0 Å². The summed E-state index contributed by atoms with van der Waals surface area (Å²) in [6.07, 6.45) is 2.31. The van der Waals surface area contributed by atoms with Gasteiger partial charge in [0.2, 0.25) is 0 Å². The average molecular weight is 287 g/mol. The summed E-state index contributed by atoms with van der Waals surface area (Å²) in [6, 6.07) is 8.43. The highest BCUT2D eigenvalue weighted by Crippen LogP contribution is 2.32. The summed E-state index contributed by atoms with van der Waals surface area (Å²) < 4.78 is 0. The highest BCUT2D eigenvalue weighted by molar-refractivity contribution is 7.15. The molecular formula is C16H21N3S. The Kier molecular flexibility index (Phi) is 4.15. The maximum atomic E-state index is 5.72. The third-order valence-electron chi connectivity index (χ3n) is 3.76. The molecule has 106 valence electrons. The normalized spacial score (nSPS) is 15.3. The maximum Gasteiger partial charge on any atom is 0.123 e. The largest absolute Gasteiger partial charge is 0.326 e. The van der Waals surface area contributed by atoms with Crippen molar-refractivity contribution in [2.24, 2.45) is 5.73 Å². The number of nitrogens with zero attached hydrogens (tertiary/aromatic N) is 2. The third kappa shape index (κ3) is 2.77. The molecule has 2 heterocycles. The lowest BCUT2D eigenvalue weighted by Crippen LogP contribution is -2.30. The molecule has 0 unspecified atom stereocenters. The molecular weight excluding hydrogens is 266 g/mol. The Hall–Kier alpha value is -1.23. The standard InChI is InChI=1S/C16H21N3S/c1-2-7-19-8-6-14-15(11-19)20-16(18-14)13-5-3-4-12(9-13)10-17/h3-5,9H,2,6-8,10-11,17H2,1H3. The quantitative estimate of drug-likeness (QED) is 0.940. The molecule has 0 fully saturated rings. The van der Waals surface area contributed by atoms with Crippen LogP contribution >= 0.6 is 11.3 Å². The number of benzene rings is 1. The van der Waals surface area contributed by atoms with Crippen molar-refractivity contribution >= 4 is 11.3 Å². The predicted octanol–water partition coefficient (Wildman–Crippen LogP) is 3.04. The van der Waals surface area contributed by atoms with Gasteiger partial charge in [0.1, 0.15) is 5.01 Å². The number of nitrogens with two attached hydrogens (primary N) is 1. The van der Waals surface area contributed by atoms with Crippen LogP contribution < -0.4 is 5.73 Å². The minimum Gasteiger partial charge on any atom is -0.326 e. The zero-order chi connectivity index (χ0) is 13.9. The molecule has 0 atom stereocenters. The van der Waals surface area contributed by atoms with Crippen LogP contribution in [-0.4, -0.2) is 23.0 Å². The fourth-order valence-corrected chi connectivity index (χ4v) is 3.86. The van der Waals surface area contributed by atoms with Crippen LogP contribution in [0.3, 0.4) is 0 Å². The van der Waals surface area contributed by atoms with Crippen molar-refractivity contribution in [3.05, 3.63) is 40.4 Å². The van der Waals surface area contributed by atoms with Crippen molar-refractivity contribution in [1.29, 1.82) is 0 Å². The Labute approximate surface area is 124 Å². The molecule has 0 amide bonds. The third-order valence-corrected chi connectivity index (χ3v) is 4.89. The number of hydrogen-bond acceptors (Lipinski definition) is 4. The van der Waals surface area contributed by atoms with Crippen molar-refractivity contribution in [1.82, 2.24) is 9.88 Å². The highest BCUT2D eigenvalue weighted by Gasteiger charge is 2.20. The van der Waals surface area contributed by atoms with Gasteiger partial charge in [0.15, 0.2) is 0 Å². The van der Waals surface area contributed by atoms with Crippen molar-refractivity contribution in [2.45, 2.75) is 32.9 Å². The van der Waals surface area contributed by atoms with Crippen LogP contribution in [0.15, 0.2) is 24.3 Å². The van der Waals surface area contributed by atoms with E-state index in [1.165, 1.54) is 34.7 Å². The Balaban J connectivity index is 1.86. The maximum absolute atomic E-state index is 5.72. The predicted molar refractivity (Wildman–Crippen MR) is 84.7 cm³/mol. The second-order valence-corrected chi connectivity index (χ2v) is 6.40. The molecule has 0 saturated carbocycles. The van der Waals surface area contributed by atoms with Gasteiger partial charge in [0.05, 0.1) is 5.69 Å². The Morgan fingerprint density at radius 1 is 1.40 bits per heavy atom. The van der Waals surface area contributed by atoms with Gasteiger partial charge in [-0.1, -0.05) is 25.1 Å². The number of aromatic nitrogens is 1. The van der Waals surface area contributed by atoms with E-state index in [4.69, 9.17) is 10.7 Å². The second-order valence-electron chi connectivity index (χ2n) is 5.32. The lowest BCUT2D eigenvalue weighted by molar-refractivity contribution is 0.256. The molecule has 2 N–H and O–H groups in total. The molecule has 0 saturated heterocycles. The zero-order valence-electron chi connectivity index (χ0n) is 11.9. The van der Waals surface area contributed by atoms with E-state index >= 15 is 0 Å². The molecule has 0 aliphatic carbocycles. The molecule has 1 aromatic heterocycles. The van der Waals surface area contributed by atoms with Crippen LogP contribution in [0.4, 0.5) is 0 Å². The second kappa shape index (κ2) is 6.04. The smallest absolute Gasteiger partial charge is 0.123 e. The van der Waals surface area contributed by atoms with Crippen molar-refractivity contribution in [3.63, 3.8) is 0 Å². The number of rotatable bonds is 4. The molecule has 4 heteroatoms. The topological polar surface area (TPSA) is 42.2 Å². The van der Waals surface area contributed by atoms with E-state index in [9.17, 15) is 0 Å². The summed E-state index contributed by atoms with van der Waals surface area (Å²) in [5.41, 5.74) is 9.40. The molecule has 3 rings (SSSR count). The molecule has 20 heavy (non-hydrogen) atoms. The lowest BCUT2D eigenvalue weighted by atomic mass is 10.1. The summed E-state index contributed by atoms with van der Waals surface area (Å²) in [5, 5.41) is 1.14. The number of hydrogen-bond donors (Lipinski definition) is 1. The van der Waals surface area contributed by atoms with Gasteiger partial charge in [-0.2, -0.15) is 0 Å². The first kappa shape index (κ1) is 13.7. The van der Waals surface area contributed by atoms with Gasteiger partial charge in [-0.3, -0.25) is 4.90 Å². The minimum absolute atomic E-state index is 0.587. The molecule has 0 radical (unpaired) electrons. The van der Waals surface area contributed by atoms with Gasteiger partial charge in [0, 0.05) is 36.5 Å². The molecule has 0 bridgehead atoms. The Morgan fingerprint density at radius 3 is 3.10 bits per heavy atom. The van der Waals surface area contributed by atoms with Crippen LogP contribution in [0.25, 0.3) is 10.6 Å². The Morgan fingerprint density at radius 2 is 2.30 bits per heavy atom. The number of thiazole rings is 1. The monoisotopic (exact) mass is 287 g/mol. The van der Waals surface area contributed by atoms with Crippen LogP contribution in [0.2, 0.25) is 0 Å². The van der Waals surface area contributed by atoms with E-state index in [0.717, 1.165) is 24.5 Å². The van der Waals surface area contributed by atoms with E-state index < -0.39 is 0 Å². The van der Waals surface area contributed by atoms with Crippen LogP contribution in [-0.2, 0) is 19.5 Å². The first-order valence-corrected chi connectivity index (χ1v) is 8.12. The highest BCUT2D eigenvalue weighted by atomic mass is 32.1. The van der Waals surface area contributed by atoms with E-state index in [-0.39, 0.29) is 0 Å². The zero-order valence-corrected chi connectivity index (χ0v) is 12.7. The first-order valence-electron chi connectivity index (χ1n) is 7.30. The summed E-state index contributed by atoms with van der Waals surface area (Å²) in [4.78, 5) is 8.81. The van der Waals surface area contributed by atoms with E-state index in [1.807, 2.05) is 11.3 Å². The van der Waals surface area contributed by atoms with Crippen LogP contribution in [0.5, 0.6) is 0 Å². The van der Waals surface area contributed by atoms with Gasteiger partial charge in [-0.25, -0.2) is 4.98 Å². The summed E-state index contributed by atoms with van der Waals surface area (Å²) in [7, 11) is 0. The van der Waals surface area contributed by atoms with Gasteiger partial charge < -0.3 is 5.73 Å². The fraction of sp³-hybridized carbons (Fsp3) is 0.438. The van der Waals surface area contributed by atoms with Crippen molar-refractivity contribution < 1.29 is 0 Å². The molecule has 0 spiro atoms. The van der Waals surface area contributed by atoms with Crippen LogP contribution in [0.1, 0.15) is 29.5 Å². The fourth-order valence-electron chi connectivity index (χ4n) is 2.71. The van der Waals surface area contributed by atoms with Crippen molar-refractivity contribution in [3.8, 4) is 10.6 Å². The van der Waals surface area contributed by atoms with Gasteiger partial charge >= 0.3 is 0 Å². The molecule has 3 nitrogen and oxygen atoms in total. The molecule has 1 aliphatic rings. The summed E-state index contributed by atoms with van der Waals surface area (Å²) >= 11 is 1.84. The SMILES string of the molecule is CCCN1CCc2nc(-c3cccc(CN)c3)sc2C1. The lowest BCUT2D eigenvalue weighted by Gasteiger charge is -2.25. The molecule has 1 aliphatic heterocycles. The summed E-state index contributed by atoms with van der Waals surface area (Å²) in [5.74, 6) is 0. The minimum atomic E-state index is 0.587. The first-order chi connectivity index (χ1) is 9.80. The molecule has 1 aromatic carbocycles. The van der Waals surface area contributed by atoms with E-state index in [1.54, 1.807) is 0 Å². The average Bonchev–Trinajstić information content (AvgIpc) is 2.91. The Bertz CT molecular complexity index is 591. The molecule has 2 aromatic rings. The van der Waals surface area contributed by atoms with Gasteiger partial charge in [-0.05, 0) is 24.6 Å². The van der Waals surface area contributed by atoms with E-state index in [2.05, 4.69) is 36.1 Å². The van der Waals surface area contributed by atoms with Crippen molar-refractivity contribution in [2.75, 3.05) is 13.1 Å². The number of fused-ring (bicyclic) bond motifs is 1. The van der Waals surface area contributed by atoms with Gasteiger partial charge in [-0.15, -0.1) is 11.3 Å². The van der Waals surface area contributed by atoms with E-state index in [0.29, 0.717) is 6.54 Å².